The minimum atomic E-state index is 0.0172. The first kappa shape index (κ1) is 13.8. The Balaban J connectivity index is 2.86. The molecule has 0 heterocycles. The number of nitrogens with two attached hydrogens (primary N) is 1. The van der Waals surface area contributed by atoms with E-state index < -0.39 is 0 Å². The van der Waals surface area contributed by atoms with Crippen molar-refractivity contribution in [2.24, 2.45) is 11.7 Å². The van der Waals surface area contributed by atoms with Crippen LogP contribution in [0.5, 0.6) is 0 Å². The molecule has 16 heavy (non-hydrogen) atoms. The number of rotatable bonds is 5. The van der Waals surface area contributed by atoms with Crippen LogP contribution in [0.2, 0.25) is 10.0 Å². The smallest absolute Gasteiger partial charge is 0.0474 e. The molecule has 1 aromatic rings. The summed E-state index contributed by atoms with van der Waals surface area (Å²) in [5.74, 6) is 0.565. The molecule has 2 nitrogen and oxygen atoms in total. The lowest BCUT2D eigenvalue weighted by Gasteiger charge is -2.21. The van der Waals surface area contributed by atoms with Crippen LogP contribution in [0.1, 0.15) is 25.5 Å². The predicted octanol–water partition coefficient (Wildman–Crippen LogP) is 3.24. The van der Waals surface area contributed by atoms with Gasteiger partial charge in [-0.2, -0.15) is 0 Å². The van der Waals surface area contributed by atoms with Gasteiger partial charge in [0.1, 0.15) is 0 Å². The molecule has 4 heteroatoms. The Bertz CT molecular complexity index is 320. The third-order valence-corrected chi connectivity index (χ3v) is 3.02. The molecule has 0 aromatic heterocycles. The maximum atomic E-state index is 6.14. The Morgan fingerprint density at radius 2 is 1.81 bits per heavy atom. The van der Waals surface area contributed by atoms with E-state index in [1.807, 2.05) is 18.2 Å². The fourth-order valence-corrected chi connectivity index (χ4v) is 2.19. The summed E-state index contributed by atoms with van der Waals surface area (Å²) >= 11 is 12.3. The number of halogens is 2. The zero-order valence-corrected chi connectivity index (χ0v) is 11.1. The number of nitrogens with one attached hydrogen (secondary N) is 1. The molecule has 1 atom stereocenters. The monoisotopic (exact) mass is 260 g/mol. The average molecular weight is 261 g/mol. The van der Waals surface area contributed by atoms with Crippen LogP contribution in [0.15, 0.2) is 18.2 Å². The van der Waals surface area contributed by atoms with E-state index in [-0.39, 0.29) is 6.04 Å². The van der Waals surface area contributed by atoms with Crippen molar-refractivity contribution in [1.82, 2.24) is 5.32 Å². The molecular formula is C12H18Cl2N2. The highest BCUT2D eigenvalue weighted by Crippen LogP contribution is 2.29. The summed E-state index contributed by atoms with van der Waals surface area (Å²) in [5, 5.41) is 4.70. The van der Waals surface area contributed by atoms with Crippen molar-refractivity contribution in [3.63, 3.8) is 0 Å². The zero-order valence-electron chi connectivity index (χ0n) is 9.63. The Morgan fingerprint density at radius 3 is 2.25 bits per heavy atom. The normalized spacial score (nSPS) is 13.1. The van der Waals surface area contributed by atoms with Crippen LogP contribution >= 0.6 is 23.2 Å². The Hall–Kier alpha value is -0.280. The van der Waals surface area contributed by atoms with Gasteiger partial charge >= 0.3 is 0 Å². The van der Waals surface area contributed by atoms with Crippen molar-refractivity contribution in [2.75, 3.05) is 13.1 Å². The SMILES string of the molecule is CC(C)CNC(CN)c1c(Cl)cccc1Cl. The largest absolute Gasteiger partial charge is 0.329 e. The molecule has 0 aliphatic carbocycles. The van der Waals surface area contributed by atoms with Crippen LogP contribution in [0.25, 0.3) is 0 Å². The standard InChI is InChI=1S/C12H18Cl2N2/c1-8(2)7-16-11(6-15)12-9(13)4-3-5-10(12)14/h3-5,8,11,16H,6-7,15H2,1-2H3. The van der Waals surface area contributed by atoms with Gasteiger partial charge < -0.3 is 11.1 Å². The van der Waals surface area contributed by atoms with Crippen LogP contribution < -0.4 is 11.1 Å². The molecule has 0 spiro atoms. The van der Waals surface area contributed by atoms with Crippen molar-refractivity contribution in [2.45, 2.75) is 19.9 Å². The molecule has 1 unspecified atom stereocenters. The Labute approximate surface area is 107 Å². The topological polar surface area (TPSA) is 38.0 Å². The van der Waals surface area contributed by atoms with Gasteiger partial charge in [-0.3, -0.25) is 0 Å². The van der Waals surface area contributed by atoms with Crippen molar-refractivity contribution in [3.8, 4) is 0 Å². The van der Waals surface area contributed by atoms with Gasteiger partial charge in [0.05, 0.1) is 0 Å². The minimum Gasteiger partial charge on any atom is -0.329 e. The van der Waals surface area contributed by atoms with Gasteiger partial charge in [-0.15, -0.1) is 0 Å². The molecule has 0 fully saturated rings. The molecule has 1 aromatic carbocycles. The second-order valence-corrected chi connectivity index (χ2v) is 5.04. The highest BCUT2D eigenvalue weighted by atomic mass is 35.5. The third kappa shape index (κ3) is 3.63. The van der Waals surface area contributed by atoms with Gasteiger partial charge in [-0.05, 0) is 24.6 Å². The molecule has 0 amide bonds. The first-order valence-electron chi connectivity index (χ1n) is 5.43. The van der Waals surface area contributed by atoms with E-state index in [2.05, 4.69) is 19.2 Å². The summed E-state index contributed by atoms with van der Waals surface area (Å²) in [4.78, 5) is 0. The van der Waals surface area contributed by atoms with Crippen molar-refractivity contribution < 1.29 is 0 Å². The molecule has 0 saturated heterocycles. The molecule has 1 rings (SSSR count). The number of hydrogen-bond donors (Lipinski definition) is 2. The van der Waals surface area contributed by atoms with Gasteiger partial charge in [0, 0.05) is 28.2 Å². The molecule has 0 radical (unpaired) electrons. The van der Waals surface area contributed by atoms with E-state index in [1.165, 1.54) is 0 Å². The van der Waals surface area contributed by atoms with Gasteiger partial charge in [-0.25, -0.2) is 0 Å². The van der Waals surface area contributed by atoms with Crippen molar-refractivity contribution in [1.29, 1.82) is 0 Å². The van der Waals surface area contributed by atoms with E-state index in [0.717, 1.165) is 12.1 Å². The fourth-order valence-electron chi connectivity index (χ4n) is 1.52. The predicted molar refractivity (Wildman–Crippen MR) is 71.1 cm³/mol. The molecular weight excluding hydrogens is 243 g/mol. The van der Waals surface area contributed by atoms with Gasteiger partial charge in [-0.1, -0.05) is 43.1 Å². The first-order chi connectivity index (χ1) is 7.56. The van der Waals surface area contributed by atoms with Crippen LogP contribution in [0, 0.1) is 5.92 Å². The highest BCUT2D eigenvalue weighted by molar-refractivity contribution is 6.36. The van der Waals surface area contributed by atoms with E-state index in [4.69, 9.17) is 28.9 Å². The van der Waals surface area contributed by atoms with Crippen LogP contribution in [0.4, 0.5) is 0 Å². The van der Waals surface area contributed by atoms with E-state index >= 15 is 0 Å². The zero-order chi connectivity index (χ0) is 12.1. The lowest BCUT2D eigenvalue weighted by molar-refractivity contribution is 0.479. The van der Waals surface area contributed by atoms with E-state index in [1.54, 1.807) is 0 Å². The summed E-state index contributed by atoms with van der Waals surface area (Å²) in [7, 11) is 0. The molecule has 90 valence electrons. The van der Waals surface area contributed by atoms with Crippen LogP contribution in [0.3, 0.4) is 0 Å². The number of hydrogen-bond acceptors (Lipinski definition) is 2. The summed E-state index contributed by atoms with van der Waals surface area (Å²) < 4.78 is 0. The Morgan fingerprint density at radius 1 is 1.25 bits per heavy atom. The number of benzene rings is 1. The molecule has 3 N–H and O–H groups in total. The molecule has 0 aliphatic heterocycles. The lowest BCUT2D eigenvalue weighted by atomic mass is 10.1. The first-order valence-corrected chi connectivity index (χ1v) is 6.19. The molecule has 0 bridgehead atoms. The quantitative estimate of drug-likeness (QED) is 0.853. The second-order valence-electron chi connectivity index (χ2n) is 4.23. The maximum Gasteiger partial charge on any atom is 0.0474 e. The fraction of sp³-hybridized carbons (Fsp3) is 0.500. The van der Waals surface area contributed by atoms with E-state index in [0.29, 0.717) is 22.5 Å². The van der Waals surface area contributed by atoms with E-state index in [9.17, 15) is 0 Å². The third-order valence-electron chi connectivity index (χ3n) is 2.36. The van der Waals surface area contributed by atoms with Crippen LogP contribution in [-0.4, -0.2) is 13.1 Å². The summed E-state index contributed by atoms with van der Waals surface area (Å²) in [5.41, 5.74) is 6.65. The van der Waals surface area contributed by atoms with Crippen molar-refractivity contribution in [3.05, 3.63) is 33.8 Å². The van der Waals surface area contributed by atoms with Crippen LogP contribution in [-0.2, 0) is 0 Å². The van der Waals surface area contributed by atoms with Crippen molar-refractivity contribution >= 4 is 23.2 Å². The maximum absolute atomic E-state index is 6.14. The molecule has 0 saturated carbocycles. The van der Waals surface area contributed by atoms with Gasteiger partial charge in [0.2, 0.25) is 0 Å². The second kappa shape index (κ2) is 6.45. The van der Waals surface area contributed by atoms with Gasteiger partial charge in [0.25, 0.3) is 0 Å². The van der Waals surface area contributed by atoms with Gasteiger partial charge in [0.15, 0.2) is 0 Å². The molecule has 0 aliphatic rings. The summed E-state index contributed by atoms with van der Waals surface area (Å²) in [6.45, 7) is 5.67. The average Bonchev–Trinajstić information content (AvgIpc) is 2.22. The Kier molecular flexibility index (Phi) is 5.56. The summed E-state index contributed by atoms with van der Waals surface area (Å²) in [6.07, 6.45) is 0. The summed E-state index contributed by atoms with van der Waals surface area (Å²) in [6, 6.07) is 5.53. The minimum absolute atomic E-state index is 0.0172. The lowest BCUT2D eigenvalue weighted by Crippen LogP contribution is -2.31. The highest BCUT2D eigenvalue weighted by Gasteiger charge is 2.16.